The lowest BCUT2D eigenvalue weighted by Gasteiger charge is -2.20. The van der Waals surface area contributed by atoms with Crippen LogP contribution in [0.25, 0.3) is 0 Å². The fourth-order valence-corrected chi connectivity index (χ4v) is 4.04. The summed E-state index contributed by atoms with van der Waals surface area (Å²) in [6.07, 6.45) is 7.59. The molecule has 0 radical (unpaired) electrons. The van der Waals surface area contributed by atoms with Gasteiger partial charge in [-0.15, -0.1) is 0 Å². The first-order valence-electron chi connectivity index (χ1n) is 10.4. The summed E-state index contributed by atoms with van der Waals surface area (Å²) >= 11 is 0. The molecule has 2 aliphatic heterocycles. The monoisotopic (exact) mass is 358 g/mol. The van der Waals surface area contributed by atoms with E-state index in [4.69, 9.17) is 0 Å². The third kappa shape index (κ3) is 6.20. The maximum Gasteiger partial charge on any atom is 0.314 e. The predicted molar refractivity (Wildman–Crippen MR) is 108 cm³/mol. The molecular weight excluding hydrogens is 324 g/mol. The number of carbonyl (C=O) groups is 1. The van der Waals surface area contributed by atoms with Crippen LogP contribution in [0.3, 0.4) is 0 Å². The summed E-state index contributed by atoms with van der Waals surface area (Å²) < 4.78 is 0. The number of anilines is 1. The topological polar surface area (TPSA) is 47.6 Å². The summed E-state index contributed by atoms with van der Waals surface area (Å²) in [6.45, 7) is 7.20. The van der Waals surface area contributed by atoms with Gasteiger partial charge in [0.05, 0.1) is 0 Å². The first-order chi connectivity index (χ1) is 12.8. The Morgan fingerprint density at radius 1 is 1.00 bits per heavy atom. The number of rotatable bonds is 7. The second-order valence-electron chi connectivity index (χ2n) is 7.68. The van der Waals surface area contributed by atoms with Crippen LogP contribution < -0.4 is 15.5 Å². The maximum atomic E-state index is 12.0. The van der Waals surface area contributed by atoms with Gasteiger partial charge in [0.25, 0.3) is 0 Å². The van der Waals surface area contributed by atoms with Gasteiger partial charge in [-0.1, -0.05) is 31.0 Å². The highest BCUT2D eigenvalue weighted by atomic mass is 16.2. The largest absolute Gasteiger partial charge is 0.371 e. The first-order valence-corrected chi connectivity index (χ1v) is 10.4. The van der Waals surface area contributed by atoms with E-state index in [1.807, 2.05) is 0 Å². The van der Waals surface area contributed by atoms with E-state index >= 15 is 0 Å². The average molecular weight is 359 g/mol. The van der Waals surface area contributed by atoms with Gasteiger partial charge in [-0.25, -0.2) is 4.79 Å². The van der Waals surface area contributed by atoms with E-state index in [1.165, 1.54) is 44.5 Å². The number of nitrogens with zero attached hydrogens (tertiary/aromatic N) is 2. The van der Waals surface area contributed by atoms with Crippen molar-refractivity contribution in [2.75, 3.05) is 50.7 Å². The third-order valence-corrected chi connectivity index (χ3v) is 5.59. The molecule has 2 N–H and O–H groups in total. The Labute approximate surface area is 158 Å². The van der Waals surface area contributed by atoms with E-state index in [-0.39, 0.29) is 6.03 Å². The number of urea groups is 1. The van der Waals surface area contributed by atoms with E-state index in [2.05, 4.69) is 50.8 Å². The molecule has 5 nitrogen and oxygen atoms in total. The van der Waals surface area contributed by atoms with Crippen LogP contribution in [0, 0.1) is 5.92 Å². The Kier molecular flexibility index (Phi) is 7.62. The van der Waals surface area contributed by atoms with E-state index in [9.17, 15) is 4.79 Å². The van der Waals surface area contributed by atoms with Crippen LogP contribution in [-0.2, 0) is 0 Å². The second kappa shape index (κ2) is 10.4. The zero-order chi connectivity index (χ0) is 18.0. The highest BCUT2D eigenvalue weighted by Crippen LogP contribution is 2.22. The fourth-order valence-electron chi connectivity index (χ4n) is 4.04. The number of hydrogen-bond acceptors (Lipinski definition) is 3. The minimum absolute atomic E-state index is 0.0148. The molecule has 5 heteroatoms. The van der Waals surface area contributed by atoms with E-state index in [0.717, 1.165) is 45.6 Å². The number of amides is 2. The zero-order valence-corrected chi connectivity index (χ0v) is 16.0. The lowest BCUT2D eigenvalue weighted by molar-refractivity contribution is 0.237. The van der Waals surface area contributed by atoms with Crippen molar-refractivity contribution in [1.82, 2.24) is 15.5 Å². The van der Waals surface area contributed by atoms with E-state index in [0.29, 0.717) is 5.92 Å². The molecule has 1 aromatic rings. The number of nitrogens with one attached hydrogen (secondary N) is 2. The smallest absolute Gasteiger partial charge is 0.314 e. The molecule has 2 heterocycles. The standard InChI is InChI=1S/C21H34N4O/c26-21(22-12-8-15-24-13-6-1-2-7-14-24)23-17-19-11-16-25(18-19)20-9-4-3-5-10-20/h3-5,9-10,19H,1-2,6-8,11-18H2,(H2,22,23,26)/t19-/m0/s1. The molecule has 0 aromatic heterocycles. The van der Waals surface area contributed by atoms with Gasteiger partial charge >= 0.3 is 6.03 Å². The molecule has 0 aliphatic carbocycles. The number of para-hydroxylation sites is 1. The number of carbonyl (C=O) groups excluding carboxylic acids is 1. The van der Waals surface area contributed by atoms with Crippen molar-refractivity contribution in [3.05, 3.63) is 30.3 Å². The lowest BCUT2D eigenvalue weighted by Crippen LogP contribution is -2.40. The maximum absolute atomic E-state index is 12.0. The molecule has 0 unspecified atom stereocenters. The summed E-state index contributed by atoms with van der Waals surface area (Å²) in [5, 5.41) is 6.07. The average Bonchev–Trinajstić information content (AvgIpc) is 3.00. The summed E-state index contributed by atoms with van der Waals surface area (Å²) in [5.41, 5.74) is 1.29. The molecule has 2 amide bonds. The van der Waals surface area contributed by atoms with Crippen LogP contribution in [0.5, 0.6) is 0 Å². The van der Waals surface area contributed by atoms with Crippen LogP contribution in [0.1, 0.15) is 38.5 Å². The van der Waals surface area contributed by atoms with Crippen LogP contribution in [-0.4, -0.2) is 56.7 Å². The Morgan fingerprint density at radius 2 is 1.77 bits per heavy atom. The van der Waals surface area contributed by atoms with Gasteiger partial charge < -0.3 is 20.4 Å². The van der Waals surface area contributed by atoms with Crippen molar-refractivity contribution >= 4 is 11.7 Å². The Morgan fingerprint density at radius 3 is 2.54 bits per heavy atom. The Hall–Kier alpha value is -1.75. The van der Waals surface area contributed by atoms with Crippen molar-refractivity contribution in [1.29, 1.82) is 0 Å². The molecule has 2 saturated heterocycles. The van der Waals surface area contributed by atoms with Crippen LogP contribution in [0.15, 0.2) is 30.3 Å². The van der Waals surface area contributed by atoms with Crippen LogP contribution in [0.2, 0.25) is 0 Å². The molecule has 144 valence electrons. The van der Waals surface area contributed by atoms with Gasteiger partial charge in [-0.2, -0.15) is 0 Å². The molecule has 3 rings (SSSR count). The molecule has 1 atom stereocenters. The number of benzene rings is 1. The SMILES string of the molecule is O=C(NCCCN1CCCCCC1)NC[C@@H]1CCN(c2ccccc2)C1. The normalized spacial score (nSPS) is 21.4. The van der Waals surface area contributed by atoms with Crippen molar-refractivity contribution in [3.63, 3.8) is 0 Å². The van der Waals surface area contributed by atoms with Gasteiger partial charge in [-0.3, -0.25) is 0 Å². The van der Waals surface area contributed by atoms with Gasteiger partial charge in [0.2, 0.25) is 0 Å². The fraction of sp³-hybridized carbons (Fsp3) is 0.667. The van der Waals surface area contributed by atoms with Crippen molar-refractivity contribution in [2.24, 2.45) is 5.92 Å². The van der Waals surface area contributed by atoms with Crippen LogP contribution >= 0.6 is 0 Å². The number of likely N-dealkylation sites (tertiary alicyclic amines) is 1. The summed E-state index contributed by atoms with van der Waals surface area (Å²) in [4.78, 5) is 17.0. The molecule has 0 spiro atoms. The van der Waals surface area contributed by atoms with Crippen LogP contribution in [0.4, 0.5) is 10.5 Å². The highest BCUT2D eigenvalue weighted by Gasteiger charge is 2.22. The minimum atomic E-state index is -0.0148. The minimum Gasteiger partial charge on any atom is -0.371 e. The quantitative estimate of drug-likeness (QED) is 0.737. The van der Waals surface area contributed by atoms with E-state index < -0.39 is 0 Å². The lowest BCUT2D eigenvalue weighted by atomic mass is 10.1. The molecule has 2 fully saturated rings. The molecular formula is C21H34N4O. The van der Waals surface area contributed by atoms with Crippen molar-refractivity contribution in [2.45, 2.75) is 38.5 Å². The molecule has 1 aromatic carbocycles. The summed E-state index contributed by atoms with van der Waals surface area (Å²) in [6, 6.07) is 10.5. The predicted octanol–water partition coefficient (Wildman–Crippen LogP) is 3.08. The van der Waals surface area contributed by atoms with Gasteiger partial charge in [0.15, 0.2) is 0 Å². The van der Waals surface area contributed by atoms with Gasteiger partial charge in [0, 0.05) is 31.9 Å². The van der Waals surface area contributed by atoms with Gasteiger partial charge in [-0.05, 0) is 63.4 Å². The molecule has 0 bridgehead atoms. The van der Waals surface area contributed by atoms with E-state index in [1.54, 1.807) is 0 Å². The highest BCUT2D eigenvalue weighted by molar-refractivity contribution is 5.73. The van der Waals surface area contributed by atoms with Crippen molar-refractivity contribution < 1.29 is 4.79 Å². The third-order valence-electron chi connectivity index (χ3n) is 5.59. The Balaban J connectivity index is 1.25. The summed E-state index contributed by atoms with van der Waals surface area (Å²) in [7, 11) is 0. The second-order valence-corrected chi connectivity index (χ2v) is 7.68. The first kappa shape index (κ1) is 19.0. The summed E-state index contributed by atoms with van der Waals surface area (Å²) in [5.74, 6) is 0.540. The molecule has 2 aliphatic rings. The molecule has 0 saturated carbocycles. The Bertz CT molecular complexity index is 528. The zero-order valence-electron chi connectivity index (χ0n) is 16.0. The van der Waals surface area contributed by atoms with Gasteiger partial charge in [0.1, 0.15) is 0 Å². The number of hydrogen-bond donors (Lipinski definition) is 2. The van der Waals surface area contributed by atoms with Crippen molar-refractivity contribution in [3.8, 4) is 0 Å². The molecule has 26 heavy (non-hydrogen) atoms.